The summed E-state index contributed by atoms with van der Waals surface area (Å²) in [6, 6.07) is 4.83. The molecule has 126 valence electrons. The summed E-state index contributed by atoms with van der Waals surface area (Å²) in [7, 11) is 0. The van der Waals surface area contributed by atoms with Gasteiger partial charge in [-0.25, -0.2) is 4.39 Å². The van der Waals surface area contributed by atoms with E-state index in [-0.39, 0.29) is 5.82 Å². The van der Waals surface area contributed by atoms with Crippen LogP contribution in [-0.4, -0.2) is 30.0 Å². The molecule has 2 aromatic rings. The summed E-state index contributed by atoms with van der Waals surface area (Å²) in [6.07, 6.45) is 5.82. The monoisotopic (exact) mass is 336 g/mol. The maximum absolute atomic E-state index is 14.0. The largest absolute Gasteiger partial charge is 0.324 e. The molecule has 0 radical (unpaired) electrons. The Morgan fingerprint density at radius 2 is 2.08 bits per heavy atom. The van der Waals surface area contributed by atoms with Crippen LogP contribution < -0.4 is 15.2 Å². The zero-order chi connectivity index (χ0) is 17.0. The second kappa shape index (κ2) is 5.27. The molecule has 1 N–H and O–H groups in total. The molecule has 5 rings (SSSR count). The minimum Gasteiger partial charge on any atom is -0.324 e. The third-order valence-electron chi connectivity index (χ3n) is 4.95. The van der Waals surface area contributed by atoms with Crippen molar-refractivity contribution in [3.8, 4) is 0 Å². The zero-order valence-corrected chi connectivity index (χ0v) is 13.8. The topological polar surface area (TPSA) is 56.1 Å². The van der Waals surface area contributed by atoms with Gasteiger partial charge in [-0.3, -0.25) is 15.3 Å². The van der Waals surface area contributed by atoms with E-state index in [4.69, 9.17) is 4.99 Å². The number of hydrogen-bond acceptors (Lipinski definition) is 6. The fourth-order valence-corrected chi connectivity index (χ4v) is 3.76. The van der Waals surface area contributed by atoms with Gasteiger partial charge in [-0.15, -0.1) is 5.10 Å². The van der Waals surface area contributed by atoms with Crippen molar-refractivity contribution in [1.82, 2.24) is 10.4 Å². The van der Waals surface area contributed by atoms with Gasteiger partial charge in [-0.1, -0.05) is 0 Å². The maximum atomic E-state index is 14.0. The molecule has 4 heterocycles. The van der Waals surface area contributed by atoms with E-state index in [1.165, 1.54) is 17.2 Å². The Hall–Kier alpha value is -2.96. The second-order valence-corrected chi connectivity index (χ2v) is 6.46. The van der Waals surface area contributed by atoms with E-state index in [2.05, 4.69) is 27.3 Å². The van der Waals surface area contributed by atoms with Crippen LogP contribution in [0.5, 0.6) is 0 Å². The first-order chi connectivity index (χ1) is 12.2. The smallest absolute Gasteiger partial charge is 0.250 e. The number of nitrogens with zero attached hydrogens (tertiary/aromatic N) is 5. The van der Waals surface area contributed by atoms with Gasteiger partial charge in [0.05, 0.1) is 17.6 Å². The molecule has 0 saturated heterocycles. The summed E-state index contributed by atoms with van der Waals surface area (Å²) in [5.74, 6) is 1.09. The van der Waals surface area contributed by atoms with Crippen molar-refractivity contribution in [2.24, 2.45) is 10.1 Å². The summed E-state index contributed by atoms with van der Waals surface area (Å²) in [4.78, 5) is 13.2. The summed E-state index contributed by atoms with van der Waals surface area (Å²) in [5, 5.41) is 4.27. The lowest BCUT2D eigenvalue weighted by Crippen LogP contribution is -2.42. The number of aryl methyl sites for hydroxylation is 1. The van der Waals surface area contributed by atoms with Crippen molar-refractivity contribution in [3.05, 3.63) is 53.1 Å². The molecule has 0 aliphatic carbocycles. The van der Waals surface area contributed by atoms with Crippen molar-refractivity contribution in [3.63, 3.8) is 0 Å². The van der Waals surface area contributed by atoms with E-state index in [1.54, 1.807) is 12.1 Å². The fraction of sp³-hybridized carbons (Fsp3) is 0.278. The number of aliphatic imine (C=N–C) groups is 1. The van der Waals surface area contributed by atoms with Gasteiger partial charge in [-0.05, 0) is 49.1 Å². The molecule has 3 aliphatic rings. The number of hydrazone groups is 1. The SMILES string of the molecule is Cc1cncc2c1CCCN2C1=NC2=NNCN2c2ccc(F)cc21. The highest BCUT2D eigenvalue weighted by atomic mass is 19.1. The predicted octanol–water partition coefficient (Wildman–Crippen LogP) is 2.38. The normalized spacial score (nSPS) is 18.0. The van der Waals surface area contributed by atoms with Gasteiger partial charge >= 0.3 is 0 Å². The average Bonchev–Trinajstić information content (AvgIpc) is 3.09. The lowest BCUT2D eigenvalue weighted by molar-refractivity contribution is 0.627. The average molecular weight is 336 g/mol. The minimum absolute atomic E-state index is 0.265. The lowest BCUT2D eigenvalue weighted by atomic mass is 9.98. The molecule has 1 aromatic carbocycles. The van der Waals surface area contributed by atoms with E-state index in [0.717, 1.165) is 42.2 Å². The van der Waals surface area contributed by atoms with Gasteiger partial charge in [0.25, 0.3) is 5.96 Å². The number of anilines is 2. The number of nitrogens with one attached hydrogen (secondary N) is 1. The molecule has 6 nitrogen and oxygen atoms in total. The van der Waals surface area contributed by atoms with Crippen molar-refractivity contribution >= 4 is 23.2 Å². The maximum Gasteiger partial charge on any atom is 0.250 e. The number of amidine groups is 1. The van der Waals surface area contributed by atoms with Gasteiger partial charge in [0.2, 0.25) is 0 Å². The van der Waals surface area contributed by atoms with Crippen LogP contribution >= 0.6 is 0 Å². The number of rotatable bonds is 0. The molecule has 0 saturated carbocycles. The van der Waals surface area contributed by atoms with Crippen LogP contribution in [0.25, 0.3) is 0 Å². The third-order valence-corrected chi connectivity index (χ3v) is 4.95. The third kappa shape index (κ3) is 2.12. The molecule has 25 heavy (non-hydrogen) atoms. The van der Waals surface area contributed by atoms with Crippen LogP contribution in [-0.2, 0) is 6.42 Å². The van der Waals surface area contributed by atoms with Crippen molar-refractivity contribution in [2.75, 3.05) is 23.0 Å². The molecule has 0 fully saturated rings. The van der Waals surface area contributed by atoms with Gasteiger partial charge in [0, 0.05) is 18.3 Å². The standard InChI is InChI=1S/C18H17FN6/c1-11-8-20-9-16-13(11)3-2-6-24(16)17-14-7-12(19)4-5-15(14)25-10-21-23-18(25)22-17/h4-5,7-9,21H,2-3,6,10H2,1H3. The van der Waals surface area contributed by atoms with Gasteiger partial charge in [0.1, 0.15) is 18.3 Å². The van der Waals surface area contributed by atoms with Gasteiger partial charge in [-0.2, -0.15) is 4.99 Å². The summed E-state index contributed by atoms with van der Waals surface area (Å²) in [5.41, 5.74) is 8.19. The highest BCUT2D eigenvalue weighted by molar-refractivity contribution is 6.23. The molecule has 3 aliphatic heterocycles. The van der Waals surface area contributed by atoms with Crippen LogP contribution in [0, 0.1) is 12.7 Å². The Bertz CT molecular complexity index is 935. The number of pyridine rings is 1. The highest BCUT2D eigenvalue weighted by Gasteiger charge is 2.33. The van der Waals surface area contributed by atoms with Crippen molar-refractivity contribution in [1.29, 1.82) is 0 Å². The second-order valence-electron chi connectivity index (χ2n) is 6.46. The molecule has 1 aromatic heterocycles. The Balaban J connectivity index is 1.70. The number of aromatic nitrogens is 1. The molecular formula is C18H17FN6. The molecule has 0 bridgehead atoms. The highest BCUT2D eigenvalue weighted by Crippen LogP contribution is 2.35. The first-order valence-corrected chi connectivity index (χ1v) is 8.40. The quantitative estimate of drug-likeness (QED) is 0.802. The van der Waals surface area contributed by atoms with E-state index >= 15 is 0 Å². The molecular weight excluding hydrogens is 319 g/mol. The van der Waals surface area contributed by atoms with Crippen LogP contribution in [0.15, 0.2) is 40.7 Å². The number of fused-ring (bicyclic) bond motifs is 4. The fourth-order valence-electron chi connectivity index (χ4n) is 3.76. The van der Waals surface area contributed by atoms with Crippen LogP contribution in [0.1, 0.15) is 23.1 Å². The number of halogens is 1. The van der Waals surface area contributed by atoms with Crippen molar-refractivity contribution < 1.29 is 4.39 Å². The Morgan fingerprint density at radius 1 is 1.16 bits per heavy atom. The molecule has 0 amide bonds. The van der Waals surface area contributed by atoms with Gasteiger partial charge in [0.15, 0.2) is 0 Å². The first-order valence-electron chi connectivity index (χ1n) is 8.40. The number of guanidine groups is 1. The molecule has 0 atom stereocenters. The van der Waals surface area contributed by atoms with Gasteiger partial charge < -0.3 is 4.90 Å². The first kappa shape index (κ1) is 14.4. The lowest BCUT2D eigenvalue weighted by Gasteiger charge is -2.36. The summed E-state index contributed by atoms with van der Waals surface area (Å²) >= 11 is 0. The number of benzene rings is 1. The number of hydrogen-bond donors (Lipinski definition) is 1. The molecule has 0 unspecified atom stereocenters. The van der Waals surface area contributed by atoms with Crippen LogP contribution in [0.4, 0.5) is 15.8 Å². The van der Waals surface area contributed by atoms with Crippen molar-refractivity contribution in [2.45, 2.75) is 19.8 Å². The zero-order valence-electron chi connectivity index (χ0n) is 13.8. The summed E-state index contributed by atoms with van der Waals surface area (Å²) < 4.78 is 14.0. The van der Waals surface area contributed by atoms with Crippen LogP contribution in [0.2, 0.25) is 0 Å². The van der Waals surface area contributed by atoms with E-state index in [9.17, 15) is 4.39 Å². The molecule has 0 spiro atoms. The van der Waals surface area contributed by atoms with E-state index in [1.807, 2.05) is 17.3 Å². The summed E-state index contributed by atoms with van der Waals surface area (Å²) in [6.45, 7) is 3.45. The Morgan fingerprint density at radius 3 is 3.00 bits per heavy atom. The Labute approximate surface area is 144 Å². The van der Waals surface area contributed by atoms with Crippen LogP contribution in [0.3, 0.4) is 0 Å². The molecule has 7 heteroatoms. The predicted molar refractivity (Wildman–Crippen MR) is 95.5 cm³/mol. The van der Waals surface area contributed by atoms with E-state index < -0.39 is 0 Å². The van der Waals surface area contributed by atoms with E-state index in [0.29, 0.717) is 12.6 Å². The minimum atomic E-state index is -0.265. The Kier molecular flexibility index (Phi) is 3.03.